The topological polar surface area (TPSA) is 38.7 Å². The highest BCUT2D eigenvalue weighted by Gasteiger charge is 2.30. The molecule has 1 unspecified atom stereocenters. The Kier molecular flexibility index (Phi) is 3.50. The third-order valence-electron chi connectivity index (χ3n) is 2.93. The highest BCUT2D eigenvalue weighted by Crippen LogP contribution is 2.25. The molecule has 1 aliphatic heterocycles. The molecule has 0 radical (unpaired) electrons. The normalized spacial score (nSPS) is 19.6. The van der Waals surface area contributed by atoms with Crippen LogP contribution in [0.1, 0.15) is 39.2 Å². The van der Waals surface area contributed by atoms with E-state index in [4.69, 9.17) is 4.74 Å². The van der Waals surface area contributed by atoms with Crippen molar-refractivity contribution < 1.29 is 9.53 Å². The molecule has 1 heterocycles. The third kappa shape index (κ3) is 3.19. The zero-order valence-electron chi connectivity index (χ0n) is 11.1. The minimum atomic E-state index is -0.334. The Labute approximate surface area is 108 Å². The maximum Gasteiger partial charge on any atom is 0.337 e. The van der Waals surface area contributed by atoms with Crippen molar-refractivity contribution in [2.45, 2.75) is 39.7 Å². The second kappa shape index (κ2) is 4.92. The summed E-state index contributed by atoms with van der Waals surface area (Å²) in [4.78, 5) is 16.1. The van der Waals surface area contributed by atoms with Crippen LogP contribution in [0.15, 0.2) is 35.3 Å². The van der Waals surface area contributed by atoms with Crippen molar-refractivity contribution in [3.8, 4) is 0 Å². The van der Waals surface area contributed by atoms with Gasteiger partial charge in [-0.2, -0.15) is 0 Å². The SMILES string of the molecule is CC(C)(C)CCC1N=C(c2ccccc2)OC1=O. The molecule has 1 aromatic carbocycles. The lowest BCUT2D eigenvalue weighted by molar-refractivity contribution is -0.135. The first kappa shape index (κ1) is 12.8. The lowest BCUT2D eigenvalue weighted by atomic mass is 9.89. The average molecular weight is 245 g/mol. The van der Waals surface area contributed by atoms with E-state index in [-0.39, 0.29) is 17.4 Å². The zero-order chi connectivity index (χ0) is 13.2. The number of hydrogen-bond donors (Lipinski definition) is 0. The monoisotopic (exact) mass is 245 g/mol. The first-order chi connectivity index (χ1) is 8.46. The minimum absolute atomic E-state index is 0.214. The van der Waals surface area contributed by atoms with Gasteiger partial charge < -0.3 is 4.74 Å². The van der Waals surface area contributed by atoms with E-state index in [1.807, 2.05) is 30.3 Å². The fraction of sp³-hybridized carbons (Fsp3) is 0.467. The predicted molar refractivity (Wildman–Crippen MR) is 71.5 cm³/mol. The van der Waals surface area contributed by atoms with Gasteiger partial charge >= 0.3 is 5.97 Å². The smallest absolute Gasteiger partial charge is 0.337 e. The van der Waals surface area contributed by atoms with Crippen LogP contribution >= 0.6 is 0 Å². The van der Waals surface area contributed by atoms with Crippen LogP contribution in [0.25, 0.3) is 0 Å². The lowest BCUT2D eigenvalue weighted by Gasteiger charge is -2.18. The van der Waals surface area contributed by atoms with E-state index in [0.717, 1.165) is 18.4 Å². The van der Waals surface area contributed by atoms with Crippen molar-refractivity contribution in [2.24, 2.45) is 10.4 Å². The number of carbonyl (C=O) groups excluding carboxylic acids is 1. The zero-order valence-corrected chi connectivity index (χ0v) is 11.1. The Morgan fingerprint density at radius 1 is 1.22 bits per heavy atom. The second-order valence-corrected chi connectivity index (χ2v) is 5.84. The third-order valence-corrected chi connectivity index (χ3v) is 2.93. The molecule has 96 valence electrons. The fourth-order valence-corrected chi connectivity index (χ4v) is 1.85. The molecule has 1 aliphatic rings. The number of rotatable bonds is 3. The van der Waals surface area contributed by atoms with E-state index in [9.17, 15) is 4.79 Å². The Hall–Kier alpha value is -1.64. The molecule has 0 saturated heterocycles. The van der Waals surface area contributed by atoms with Gasteiger partial charge in [0.05, 0.1) is 0 Å². The van der Waals surface area contributed by atoms with E-state index < -0.39 is 0 Å². The quantitative estimate of drug-likeness (QED) is 0.767. The van der Waals surface area contributed by atoms with Crippen LogP contribution in [-0.4, -0.2) is 17.9 Å². The van der Waals surface area contributed by atoms with Crippen LogP contribution < -0.4 is 0 Å². The fourth-order valence-electron chi connectivity index (χ4n) is 1.85. The number of hydrogen-bond acceptors (Lipinski definition) is 3. The summed E-state index contributed by atoms with van der Waals surface area (Å²) in [6.07, 6.45) is 1.71. The molecule has 0 fully saturated rings. The summed E-state index contributed by atoms with van der Waals surface area (Å²) in [7, 11) is 0. The highest BCUT2D eigenvalue weighted by atomic mass is 16.6. The molecule has 18 heavy (non-hydrogen) atoms. The molecule has 0 spiro atoms. The molecule has 1 aromatic rings. The molecule has 1 atom stereocenters. The number of carbonyl (C=O) groups is 1. The molecule has 3 nitrogen and oxygen atoms in total. The van der Waals surface area contributed by atoms with Crippen molar-refractivity contribution in [2.75, 3.05) is 0 Å². The van der Waals surface area contributed by atoms with E-state index in [1.165, 1.54) is 0 Å². The summed E-state index contributed by atoms with van der Waals surface area (Å²) in [6, 6.07) is 9.22. The van der Waals surface area contributed by atoms with Crippen molar-refractivity contribution in [1.29, 1.82) is 0 Å². The van der Waals surface area contributed by atoms with Gasteiger partial charge in [-0.25, -0.2) is 9.79 Å². The van der Waals surface area contributed by atoms with E-state index in [0.29, 0.717) is 5.90 Å². The van der Waals surface area contributed by atoms with E-state index in [2.05, 4.69) is 25.8 Å². The summed E-state index contributed by atoms with van der Waals surface area (Å²) in [5.74, 6) is 0.234. The van der Waals surface area contributed by atoms with Crippen LogP contribution in [-0.2, 0) is 9.53 Å². The predicted octanol–water partition coefficient (Wildman–Crippen LogP) is 3.18. The maximum atomic E-state index is 11.7. The van der Waals surface area contributed by atoms with Gasteiger partial charge in [0, 0.05) is 5.56 Å². The van der Waals surface area contributed by atoms with Crippen LogP contribution in [0, 0.1) is 5.41 Å². The van der Waals surface area contributed by atoms with Crippen molar-refractivity contribution in [3.05, 3.63) is 35.9 Å². The first-order valence-electron chi connectivity index (χ1n) is 6.31. The number of ether oxygens (including phenoxy) is 1. The molecule has 2 rings (SSSR count). The summed E-state index contributed by atoms with van der Waals surface area (Å²) in [5.41, 5.74) is 1.08. The molecule has 0 aromatic heterocycles. The summed E-state index contributed by atoms with van der Waals surface area (Å²) in [6.45, 7) is 6.49. The van der Waals surface area contributed by atoms with Gasteiger partial charge in [-0.05, 0) is 30.4 Å². The molecular weight excluding hydrogens is 226 g/mol. The maximum absolute atomic E-state index is 11.7. The number of nitrogens with zero attached hydrogens (tertiary/aromatic N) is 1. The molecule has 0 bridgehead atoms. The van der Waals surface area contributed by atoms with Crippen LogP contribution in [0.5, 0.6) is 0 Å². The van der Waals surface area contributed by atoms with E-state index >= 15 is 0 Å². The van der Waals surface area contributed by atoms with Crippen molar-refractivity contribution >= 4 is 11.9 Å². The Balaban J connectivity index is 2.06. The van der Waals surface area contributed by atoms with Crippen LogP contribution in [0.3, 0.4) is 0 Å². The van der Waals surface area contributed by atoms with Crippen molar-refractivity contribution in [3.63, 3.8) is 0 Å². The molecule has 0 saturated carbocycles. The van der Waals surface area contributed by atoms with Gasteiger partial charge in [-0.1, -0.05) is 39.0 Å². The Bertz CT molecular complexity index is 457. The number of aliphatic imine (C=N–C) groups is 1. The number of cyclic esters (lactones) is 1. The van der Waals surface area contributed by atoms with Gasteiger partial charge in [-0.15, -0.1) is 0 Å². The van der Waals surface area contributed by atoms with Crippen LogP contribution in [0.4, 0.5) is 0 Å². The number of esters is 1. The summed E-state index contributed by atoms with van der Waals surface area (Å²) in [5, 5.41) is 0. The van der Waals surface area contributed by atoms with E-state index in [1.54, 1.807) is 0 Å². The Morgan fingerprint density at radius 2 is 1.89 bits per heavy atom. The molecular formula is C15H19NO2. The van der Waals surface area contributed by atoms with Gasteiger partial charge in [0.1, 0.15) is 0 Å². The summed E-state index contributed by atoms with van der Waals surface area (Å²) >= 11 is 0. The average Bonchev–Trinajstić information content (AvgIpc) is 2.68. The first-order valence-corrected chi connectivity index (χ1v) is 6.31. The highest BCUT2D eigenvalue weighted by molar-refractivity contribution is 6.06. The Morgan fingerprint density at radius 3 is 2.50 bits per heavy atom. The summed E-state index contributed by atoms with van der Waals surface area (Å²) < 4.78 is 5.24. The molecule has 0 aliphatic carbocycles. The number of benzene rings is 1. The molecule has 0 N–H and O–H groups in total. The second-order valence-electron chi connectivity index (χ2n) is 5.84. The van der Waals surface area contributed by atoms with Gasteiger partial charge in [0.2, 0.25) is 5.90 Å². The minimum Gasteiger partial charge on any atom is -0.406 e. The van der Waals surface area contributed by atoms with Gasteiger partial charge in [-0.3, -0.25) is 0 Å². The van der Waals surface area contributed by atoms with Crippen LogP contribution in [0.2, 0.25) is 0 Å². The molecule has 3 heteroatoms. The largest absolute Gasteiger partial charge is 0.406 e. The lowest BCUT2D eigenvalue weighted by Crippen LogP contribution is -2.18. The standard InChI is InChI=1S/C15H19NO2/c1-15(2,3)10-9-12-14(17)18-13(16-12)11-7-5-4-6-8-11/h4-8,12H,9-10H2,1-3H3. The molecule has 0 amide bonds. The van der Waals surface area contributed by atoms with Gasteiger partial charge in [0.25, 0.3) is 0 Å². The van der Waals surface area contributed by atoms with Gasteiger partial charge in [0.15, 0.2) is 6.04 Å². The van der Waals surface area contributed by atoms with Crippen molar-refractivity contribution in [1.82, 2.24) is 0 Å².